The number of phenols is 1. The smallest absolute Gasteiger partial charge is 0.277 e. The summed E-state index contributed by atoms with van der Waals surface area (Å²) in [6, 6.07) is 9.87. The molecule has 2 N–H and O–H groups in total. The number of hydrogen-bond acceptors (Lipinski definition) is 7. The van der Waals surface area contributed by atoms with Gasteiger partial charge >= 0.3 is 0 Å². The minimum Gasteiger partial charge on any atom is -0.508 e. The maximum atomic E-state index is 12.6. The normalized spacial score (nSPS) is 16.0. The van der Waals surface area contributed by atoms with Gasteiger partial charge in [-0.2, -0.15) is 0 Å². The molecule has 0 saturated carbocycles. The molecule has 0 radical (unpaired) electrons. The van der Waals surface area contributed by atoms with Crippen LogP contribution in [-0.2, 0) is 4.79 Å². The standard InChI is InChI=1S/C21H14N2O5S2/c24-14-3-1-2-13(9-14)23-20(26)18(30-21(23)29)8-12-6-11-7-16-17(28-5-4-27-16)10-15(11)22-19(12)25/h1-3,6-10,24,26H,4-5H2/b12-8+. The first-order valence-corrected chi connectivity index (χ1v) is 10.2. The van der Waals surface area contributed by atoms with Gasteiger partial charge in [-0.25, -0.2) is 4.99 Å². The van der Waals surface area contributed by atoms with Crippen molar-refractivity contribution in [3.05, 3.63) is 61.4 Å². The summed E-state index contributed by atoms with van der Waals surface area (Å²) >= 11 is 6.53. The summed E-state index contributed by atoms with van der Waals surface area (Å²) in [5.41, 5.74) is 0.838. The summed E-state index contributed by atoms with van der Waals surface area (Å²) in [4.78, 5) is 17.1. The largest absolute Gasteiger partial charge is 0.508 e. The molecule has 7 nitrogen and oxygen atoms in total. The van der Waals surface area contributed by atoms with Gasteiger partial charge in [0.05, 0.1) is 15.9 Å². The molecule has 0 saturated heterocycles. The van der Waals surface area contributed by atoms with E-state index in [0.717, 1.165) is 16.6 Å². The Morgan fingerprint density at radius 2 is 1.90 bits per heavy atom. The fourth-order valence-electron chi connectivity index (χ4n) is 3.29. The van der Waals surface area contributed by atoms with Gasteiger partial charge in [-0.3, -0.25) is 9.36 Å². The van der Waals surface area contributed by atoms with Crippen molar-refractivity contribution in [2.75, 3.05) is 13.2 Å². The predicted octanol–water partition coefficient (Wildman–Crippen LogP) is 2.47. The lowest BCUT2D eigenvalue weighted by atomic mass is 10.1. The number of thiazole rings is 1. The lowest BCUT2D eigenvalue weighted by Crippen LogP contribution is -2.32. The number of rotatable bonds is 2. The summed E-state index contributed by atoms with van der Waals surface area (Å²) in [7, 11) is 0. The fourth-order valence-corrected chi connectivity index (χ4v) is 4.59. The van der Waals surface area contributed by atoms with Crippen molar-refractivity contribution < 1.29 is 24.5 Å². The van der Waals surface area contributed by atoms with E-state index in [1.54, 1.807) is 36.4 Å². The highest BCUT2D eigenvalue weighted by Gasteiger charge is 2.18. The molecule has 1 aromatic heterocycles. The number of hydrogen-bond donors (Lipinski definition) is 2. The molecule has 30 heavy (non-hydrogen) atoms. The Labute approximate surface area is 179 Å². The lowest BCUT2D eigenvalue weighted by Gasteiger charge is -2.18. The number of fused-ring (bicyclic) bond motifs is 2. The molecule has 3 aromatic rings. The zero-order valence-corrected chi connectivity index (χ0v) is 17.0. The average molecular weight is 438 g/mol. The molecule has 2 aromatic carbocycles. The summed E-state index contributed by atoms with van der Waals surface area (Å²) in [5.74, 6) is 0.685. The van der Waals surface area contributed by atoms with E-state index in [1.807, 2.05) is 0 Å². The first-order chi connectivity index (χ1) is 14.5. The molecule has 0 unspecified atom stereocenters. The number of carbonyl (C=O) groups is 1. The van der Waals surface area contributed by atoms with Gasteiger partial charge < -0.3 is 19.7 Å². The molecule has 0 fully saturated rings. The molecule has 0 spiro atoms. The van der Waals surface area contributed by atoms with Crippen LogP contribution in [0.2, 0.25) is 0 Å². The van der Waals surface area contributed by atoms with Crippen LogP contribution < -0.4 is 20.0 Å². The highest BCUT2D eigenvalue weighted by atomic mass is 32.1. The van der Waals surface area contributed by atoms with Crippen LogP contribution in [0.1, 0.15) is 4.88 Å². The Morgan fingerprint density at radius 3 is 2.67 bits per heavy atom. The van der Waals surface area contributed by atoms with E-state index in [1.165, 1.54) is 16.7 Å². The molecule has 2 aliphatic heterocycles. The molecule has 0 bridgehead atoms. The SMILES string of the molecule is O=C1N=c2cc3c(cc2=C/C1=C\c1sc(=S)n(-c2cccc(O)c2)c1O)OCCO3. The quantitative estimate of drug-likeness (QED) is 0.472. The maximum absolute atomic E-state index is 12.6. The first-order valence-electron chi connectivity index (χ1n) is 9.00. The molecule has 0 aliphatic carbocycles. The minimum atomic E-state index is -0.429. The van der Waals surface area contributed by atoms with E-state index in [9.17, 15) is 15.0 Å². The van der Waals surface area contributed by atoms with Gasteiger partial charge in [0, 0.05) is 22.9 Å². The number of nitrogens with zero attached hydrogens (tertiary/aromatic N) is 2. The molecule has 5 rings (SSSR count). The van der Waals surface area contributed by atoms with Gasteiger partial charge in [-0.15, -0.1) is 11.3 Å². The van der Waals surface area contributed by atoms with Gasteiger partial charge in [0.15, 0.2) is 15.5 Å². The number of benzene rings is 2. The molecule has 0 atom stereocenters. The number of phenolic OH excluding ortho intramolecular Hbond substituents is 1. The molecular formula is C21H14N2O5S2. The Bertz CT molecular complexity index is 1420. The van der Waals surface area contributed by atoms with E-state index in [4.69, 9.17) is 21.7 Å². The number of aromatic nitrogens is 1. The van der Waals surface area contributed by atoms with Crippen molar-refractivity contribution >= 4 is 41.6 Å². The molecule has 3 heterocycles. The van der Waals surface area contributed by atoms with Crippen molar-refractivity contribution in [1.82, 2.24) is 4.57 Å². The van der Waals surface area contributed by atoms with Gasteiger partial charge in [-0.1, -0.05) is 6.07 Å². The third kappa shape index (κ3) is 3.17. The first kappa shape index (κ1) is 18.6. The van der Waals surface area contributed by atoms with Crippen molar-refractivity contribution in [1.29, 1.82) is 0 Å². The van der Waals surface area contributed by atoms with E-state index >= 15 is 0 Å². The van der Waals surface area contributed by atoms with Crippen LogP contribution >= 0.6 is 23.6 Å². The van der Waals surface area contributed by atoms with E-state index in [2.05, 4.69) is 4.99 Å². The number of carbonyl (C=O) groups excluding carboxylic acids is 1. The van der Waals surface area contributed by atoms with Crippen molar-refractivity contribution in [2.45, 2.75) is 0 Å². The third-order valence-electron chi connectivity index (χ3n) is 4.66. The van der Waals surface area contributed by atoms with Gasteiger partial charge in [0.25, 0.3) is 5.91 Å². The van der Waals surface area contributed by atoms with E-state index in [-0.39, 0.29) is 11.6 Å². The zero-order chi connectivity index (χ0) is 20.8. The second kappa shape index (κ2) is 7.12. The van der Waals surface area contributed by atoms with E-state index in [0.29, 0.717) is 50.2 Å². The van der Waals surface area contributed by atoms with Crippen LogP contribution in [0, 0.1) is 3.95 Å². The zero-order valence-electron chi connectivity index (χ0n) is 15.4. The summed E-state index contributed by atoms with van der Waals surface area (Å²) < 4.78 is 13.0. The number of amides is 1. The second-order valence-corrected chi connectivity index (χ2v) is 8.30. The summed E-state index contributed by atoms with van der Waals surface area (Å²) in [5, 5.41) is 21.7. The summed E-state index contributed by atoms with van der Waals surface area (Å²) in [6.45, 7) is 0.916. The summed E-state index contributed by atoms with van der Waals surface area (Å²) in [6.07, 6.45) is 3.25. The van der Waals surface area contributed by atoms with Crippen molar-refractivity contribution in [2.24, 2.45) is 4.99 Å². The predicted molar refractivity (Wildman–Crippen MR) is 113 cm³/mol. The lowest BCUT2D eigenvalue weighted by molar-refractivity contribution is -0.114. The highest BCUT2D eigenvalue weighted by molar-refractivity contribution is 7.73. The minimum absolute atomic E-state index is 0.0561. The third-order valence-corrected chi connectivity index (χ3v) is 5.97. The van der Waals surface area contributed by atoms with Crippen LogP contribution in [0.25, 0.3) is 17.8 Å². The van der Waals surface area contributed by atoms with Crippen LogP contribution in [-0.4, -0.2) is 33.9 Å². The van der Waals surface area contributed by atoms with Crippen molar-refractivity contribution in [3.8, 4) is 28.8 Å². The van der Waals surface area contributed by atoms with Crippen LogP contribution in [0.5, 0.6) is 23.1 Å². The Kier molecular flexibility index (Phi) is 4.41. The Hall–Kier alpha value is -3.43. The maximum Gasteiger partial charge on any atom is 0.277 e. The van der Waals surface area contributed by atoms with Crippen molar-refractivity contribution in [3.63, 3.8) is 0 Å². The van der Waals surface area contributed by atoms with Crippen LogP contribution in [0.4, 0.5) is 0 Å². The highest BCUT2D eigenvalue weighted by Crippen LogP contribution is 2.33. The van der Waals surface area contributed by atoms with Crippen LogP contribution in [0.3, 0.4) is 0 Å². The molecule has 2 aliphatic rings. The Balaban J connectivity index is 1.61. The molecule has 1 amide bonds. The topological polar surface area (TPSA) is 93.3 Å². The van der Waals surface area contributed by atoms with Gasteiger partial charge in [-0.05, 0) is 42.6 Å². The fraction of sp³-hybridized carbons (Fsp3) is 0.0952. The molecule has 150 valence electrons. The molecular weight excluding hydrogens is 424 g/mol. The number of ether oxygens (including phenoxy) is 2. The monoisotopic (exact) mass is 438 g/mol. The average Bonchev–Trinajstić information content (AvgIpc) is 3.00. The number of aromatic hydroxyl groups is 2. The second-order valence-electron chi connectivity index (χ2n) is 6.63. The van der Waals surface area contributed by atoms with Crippen LogP contribution in [0.15, 0.2) is 47.0 Å². The molecule has 9 heteroatoms. The van der Waals surface area contributed by atoms with Gasteiger partial charge in [0.1, 0.15) is 19.0 Å². The Morgan fingerprint density at radius 1 is 1.13 bits per heavy atom. The van der Waals surface area contributed by atoms with E-state index < -0.39 is 5.91 Å². The van der Waals surface area contributed by atoms with Gasteiger partial charge in [0.2, 0.25) is 5.88 Å².